The van der Waals surface area contributed by atoms with Crippen molar-refractivity contribution in [2.75, 3.05) is 0 Å². The number of aliphatic imine (C=N–C) groups is 1. The van der Waals surface area contributed by atoms with Crippen molar-refractivity contribution in [1.82, 2.24) is 5.32 Å². The van der Waals surface area contributed by atoms with Gasteiger partial charge in [0.05, 0.1) is 11.6 Å². The molecule has 1 amide bonds. The average Bonchev–Trinajstić information content (AvgIpc) is 2.39. The van der Waals surface area contributed by atoms with Crippen molar-refractivity contribution in [2.24, 2.45) is 28.7 Å². The number of nitrogens with zero attached hydrogens (tertiary/aromatic N) is 1. The van der Waals surface area contributed by atoms with Crippen LogP contribution in [0, 0.1) is 23.7 Å². The highest BCUT2D eigenvalue weighted by Gasteiger charge is 2.54. The van der Waals surface area contributed by atoms with Gasteiger partial charge in [0.2, 0.25) is 5.91 Å². The zero-order valence-corrected chi connectivity index (χ0v) is 15.5. The highest BCUT2D eigenvalue weighted by atomic mass is 32.2. The Morgan fingerprint density at radius 3 is 2.30 bits per heavy atom. The summed E-state index contributed by atoms with van der Waals surface area (Å²) in [5, 5.41) is 14.8. The molecule has 0 aromatic heterocycles. The fourth-order valence-corrected chi connectivity index (χ4v) is 5.87. The topological polar surface area (TPSA) is 61.7 Å². The lowest BCUT2D eigenvalue weighted by Crippen LogP contribution is -2.56. The van der Waals surface area contributed by atoms with E-state index in [1.165, 1.54) is 12.8 Å². The molecule has 5 heteroatoms. The van der Waals surface area contributed by atoms with Gasteiger partial charge in [0.15, 0.2) is 5.17 Å². The van der Waals surface area contributed by atoms with Gasteiger partial charge < -0.3 is 10.4 Å². The van der Waals surface area contributed by atoms with Crippen molar-refractivity contribution in [3.8, 4) is 0 Å². The molecule has 0 radical (unpaired) electrons. The number of amidine groups is 1. The Kier molecular flexibility index (Phi) is 4.81. The summed E-state index contributed by atoms with van der Waals surface area (Å²) in [6.45, 7) is 8.13. The monoisotopic (exact) mass is 338 g/mol. The summed E-state index contributed by atoms with van der Waals surface area (Å²) < 4.78 is 0. The van der Waals surface area contributed by atoms with Gasteiger partial charge in [-0.25, -0.2) is 0 Å². The van der Waals surface area contributed by atoms with Gasteiger partial charge in [-0.05, 0) is 55.8 Å². The van der Waals surface area contributed by atoms with Crippen LogP contribution in [0.2, 0.25) is 0 Å². The number of carbonyl (C=O) groups excluding carboxylic acids is 1. The number of hydrogen-bond acceptors (Lipinski definition) is 4. The summed E-state index contributed by atoms with van der Waals surface area (Å²) >= 11 is 1.68. The summed E-state index contributed by atoms with van der Waals surface area (Å²) in [5.74, 6) is 2.16. The minimum Gasteiger partial charge on any atom is -0.390 e. The molecule has 130 valence electrons. The molecule has 4 aliphatic rings. The van der Waals surface area contributed by atoms with E-state index in [0.717, 1.165) is 24.4 Å². The van der Waals surface area contributed by atoms with Crippen LogP contribution in [0.5, 0.6) is 0 Å². The second-order valence-corrected chi connectivity index (χ2v) is 9.73. The van der Waals surface area contributed by atoms with Gasteiger partial charge in [-0.3, -0.25) is 9.79 Å². The molecule has 0 spiro atoms. The fraction of sp³-hybridized carbons (Fsp3) is 0.889. The largest absolute Gasteiger partial charge is 0.390 e. The van der Waals surface area contributed by atoms with Crippen LogP contribution in [0.4, 0.5) is 0 Å². The molecular formula is C18H30N2O2S. The smallest absolute Gasteiger partial charge is 0.222 e. The third-order valence-corrected chi connectivity index (χ3v) is 7.32. The van der Waals surface area contributed by atoms with Gasteiger partial charge in [0.1, 0.15) is 0 Å². The molecule has 0 aromatic carbocycles. The third-order valence-electron chi connectivity index (χ3n) is 5.98. The highest BCUT2D eigenvalue weighted by molar-refractivity contribution is 8.14. The SMILES string of the molecule is CC(=O)NC(=NC1C2CC3CC1CC(O)(C3)C2)SC(C)C(C)C. The molecule has 4 aliphatic carbocycles. The Morgan fingerprint density at radius 2 is 1.83 bits per heavy atom. The van der Waals surface area contributed by atoms with Crippen LogP contribution in [-0.4, -0.2) is 33.1 Å². The summed E-state index contributed by atoms with van der Waals surface area (Å²) in [4.78, 5) is 16.6. The first kappa shape index (κ1) is 17.3. The highest BCUT2D eigenvalue weighted by Crippen LogP contribution is 2.56. The Morgan fingerprint density at radius 1 is 1.22 bits per heavy atom. The second kappa shape index (κ2) is 6.40. The van der Waals surface area contributed by atoms with Crippen LogP contribution >= 0.6 is 11.8 Å². The number of rotatable bonds is 3. The normalized spacial score (nSPS) is 40.5. The Bertz CT molecular complexity index is 489. The molecule has 4 rings (SSSR count). The molecule has 4 nitrogen and oxygen atoms in total. The molecule has 3 unspecified atom stereocenters. The van der Waals surface area contributed by atoms with E-state index in [1.54, 1.807) is 18.7 Å². The van der Waals surface area contributed by atoms with Gasteiger partial charge in [0, 0.05) is 12.2 Å². The van der Waals surface area contributed by atoms with E-state index in [9.17, 15) is 9.90 Å². The molecule has 0 aromatic rings. The van der Waals surface area contributed by atoms with Crippen LogP contribution in [0.15, 0.2) is 4.99 Å². The molecule has 2 N–H and O–H groups in total. The maximum Gasteiger partial charge on any atom is 0.222 e. The van der Waals surface area contributed by atoms with E-state index in [-0.39, 0.29) is 11.9 Å². The summed E-state index contributed by atoms with van der Waals surface area (Å²) in [5.41, 5.74) is -0.422. The molecule has 0 aliphatic heterocycles. The molecular weight excluding hydrogens is 308 g/mol. The predicted molar refractivity (Wildman–Crippen MR) is 95.4 cm³/mol. The van der Waals surface area contributed by atoms with E-state index in [1.807, 2.05) is 0 Å². The van der Waals surface area contributed by atoms with Crippen molar-refractivity contribution in [2.45, 2.75) is 76.7 Å². The zero-order chi connectivity index (χ0) is 16.8. The molecule has 4 bridgehead atoms. The van der Waals surface area contributed by atoms with Gasteiger partial charge >= 0.3 is 0 Å². The number of aliphatic hydroxyl groups is 1. The predicted octanol–water partition coefficient (Wildman–Crippen LogP) is 3.20. The van der Waals surface area contributed by atoms with Gasteiger partial charge in [-0.15, -0.1) is 0 Å². The van der Waals surface area contributed by atoms with E-state index in [4.69, 9.17) is 4.99 Å². The van der Waals surface area contributed by atoms with Gasteiger partial charge in [-0.2, -0.15) is 0 Å². The van der Waals surface area contributed by atoms with Crippen LogP contribution in [-0.2, 0) is 4.79 Å². The Labute approximate surface area is 143 Å². The third kappa shape index (κ3) is 3.76. The molecule has 4 fully saturated rings. The molecule has 4 saturated carbocycles. The van der Waals surface area contributed by atoms with Crippen LogP contribution in [0.25, 0.3) is 0 Å². The number of hydrogen-bond donors (Lipinski definition) is 2. The Balaban J connectivity index is 1.77. The molecule has 23 heavy (non-hydrogen) atoms. The van der Waals surface area contributed by atoms with Crippen LogP contribution in [0.3, 0.4) is 0 Å². The quantitative estimate of drug-likeness (QED) is 0.614. The molecule has 3 atom stereocenters. The van der Waals surface area contributed by atoms with Crippen molar-refractivity contribution < 1.29 is 9.90 Å². The minimum absolute atomic E-state index is 0.0466. The van der Waals surface area contributed by atoms with Crippen LogP contribution in [0.1, 0.15) is 59.8 Å². The standard InChI is InChI=1S/C18H30N2O2S/c1-10(2)11(3)23-17(19-12(4)21)20-16-14-5-13-6-15(16)9-18(22,7-13)8-14/h10-11,13-16,22H,5-9H2,1-4H3,(H,19,20,21). The summed E-state index contributed by atoms with van der Waals surface area (Å²) in [6.07, 6.45) is 5.18. The second-order valence-electron chi connectivity index (χ2n) is 8.37. The lowest BCUT2D eigenvalue weighted by molar-refractivity contribution is -0.132. The molecule has 0 heterocycles. The first-order chi connectivity index (χ1) is 10.8. The van der Waals surface area contributed by atoms with Crippen molar-refractivity contribution in [1.29, 1.82) is 0 Å². The minimum atomic E-state index is -0.422. The lowest BCUT2D eigenvalue weighted by atomic mass is 9.52. The maximum absolute atomic E-state index is 11.6. The van der Waals surface area contributed by atoms with E-state index < -0.39 is 5.60 Å². The Hall–Kier alpha value is -0.550. The first-order valence-corrected chi connectivity index (χ1v) is 9.88. The molecule has 0 saturated heterocycles. The number of thioether (sulfide) groups is 1. The van der Waals surface area contributed by atoms with Gasteiger partial charge in [0.25, 0.3) is 0 Å². The zero-order valence-electron chi connectivity index (χ0n) is 14.7. The lowest BCUT2D eigenvalue weighted by Gasteiger charge is -2.57. The van der Waals surface area contributed by atoms with E-state index >= 15 is 0 Å². The number of amides is 1. The first-order valence-electron chi connectivity index (χ1n) is 9.00. The maximum atomic E-state index is 11.6. The number of carbonyl (C=O) groups is 1. The fourth-order valence-electron chi connectivity index (χ4n) is 4.86. The summed E-state index contributed by atoms with van der Waals surface area (Å²) in [6, 6.07) is 0.278. The summed E-state index contributed by atoms with van der Waals surface area (Å²) in [7, 11) is 0. The van der Waals surface area contributed by atoms with Gasteiger partial charge in [-0.1, -0.05) is 32.5 Å². The van der Waals surface area contributed by atoms with Crippen LogP contribution < -0.4 is 5.32 Å². The van der Waals surface area contributed by atoms with Crippen molar-refractivity contribution >= 4 is 22.8 Å². The average molecular weight is 339 g/mol. The van der Waals surface area contributed by atoms with Crippen molar-refractivity contribution in [3.05, 3.63) is 0 Å². The number of nitrogens with one attached hydrogen (secondary N) is 1. The van der Waals surface area contributed by atoms with Crippen molar-refractivity contribution in [3.63, 3.8) is 0 Å². The van der Waals surface area contributed by atoms with E-state index in [0.29, 0.717) is 28.9 Å². The van der Waals surface area contributed by atoms with E-state index in [2.05, 4.69) is 26.1 Å².